The Morgan fingerprint density at radius 1 is 1.00 bits per heavy atom. The highest BCUT2D eigenvalue weighted by atomic mass is 32.2. The van der Waals surface area contributed by atoms with Gasteiger partial charge in [0, 0.05) is 11.1 Å². The Labute approximate surface area is 217 Å². The Morgan fingerprint density at radius 2 is 1.64 bits per heavy atom. The summed E-state index contributed by atoms with van der Waals surface area (Å²) in [5.74, 6) is 0.680. The van der Waals surface area contributed by atoms with Crippen LogP contribution in [0.1, 0.15) is 97.5 Å². The molecule has 2 unspecified atom stereocenters. The van der Waals surface area contributed by atoms with Crippen LogP contribution >= 0.6 is 0 Å². The van der Waals surface area contributed by atoms with Crippen LogP contribution in [0.2, 0.25) is 0 Å². The van der Waals surface area contributed by atoms with Crippen LogP contribution in [-0.2, 0) is 14.9 Å². The molecule has 2 bridgehead atoms. The van der Waals surface area contributed by atoms with E-state index >= 15 is 0 Å². The summed E-state index contributed by atoms with van der Waals surface area (Å²) in [5.41, 5.74) is -0.234. The highest BCUT2D eigenvalue weighted by Gasteiger charge is 2.67. The summed E-state index contributed by atoms with van der Waals surface area (Å²) in [7, 11) is -4.30. The molecule has 6 nitrogen and oxygen atoms in total. The van der Waals surface area contributed by atoms with E-state index in [9.17, 15) is 17.8 Å². The molecule has 202 valence electrons. The maximum absolute atomic E-state index is 13.7. The van der Waals surface area contributed by atoms with Crippen LogP contribution in [0, 0.1) is 16.7 Å². The molecule has 1 aromatic rings. The molecule has 2 atom stereocenters. The van der Waals surface area contributed by atoms with Crippen molar-refractivity contribution in [1.29, 1.82) is 0 Å². The van der Waals surface area contributed by atoms with Crippen LogP contribution in [0.5, 0.6) is 11.5 Å². The van der Waals surface area contributed by atoms with Crippen molar-refractivity contribution in [3.63, 3.8) is 0 Å². The molecule has 7 heteroatoms. The fourth-order valence-electron chi connectivity index (χ4n) is 6.05. The standard InChI is InChI=1S/C29H44O6S/c1-5-7-9-11-17-34-23-13-14-26(35-18-12-10-8-6-2)22(19-23)20-24-25-15-16-29(27(24)30,28(25,3)4)21-36(31,32)33/h13-14,19-20,25H,5-12,15-18,21H2,1-4H3,(H,31,32,33). The second-order valence-electron chi connectivity index (χ2n) is 11.1. The Bertz CT molecular complexity index is 1040. The lowest BCUT2D eigenvalue weighted by atomic mass is 9.70. The van der Waals surface area contributed by atoms with Crippen molar-refractivity contribution >= 4 is 22.0 Å². The number of allylic oxidation sites excluding steroid dienone is 1. The number of Topliss-reactive ketones (excluding diaryl/α,β-unsaturated/α-hetero) is 1. The highest BCUT2D eigenvalue weighted by molar-refractivity contribution is 7.85. The second kappa shape index (κ2) is 12.1. The van der Waals surface area contributed by atoms with Crippen molar-refractivity contribution in [2.24, 2.45) is 16.7 Å². The van der Waals surface area contributed by atoms with Gasteiger partial charge in [0.2, 0.25) is 0 Å². The highest BCUT2D eigenvalue weighted by Crippen LogP contribution is 2.66. The first-order valence-corrected chi connectivity index (χ1v) is 15.3. The molecule has 2 fully saturated rings. The van der Waals surface area contributed by atoms with Crippen molar-refractivity contribution in [3.05, 3.63) is 29.3 Å². The zero-order valence-electron chi connectivity index (χ0n) is 22.5. The fraction of sp³-hybridized carbons (Fsp3) is 0.690. The number of carbonyl (C=O) groups is 1. The van der Waals surface area contributed by atoms with Gasteiger partial charge in [-0.05, 0) is 61.3 Å². The molecule has 0 aromatic heterocycles. The van der Waals surface area contributed by atoms with E-state index in [4.69, 9.17) is 9.47 Å². The van der Waals surface area contributed by atoms with E-state index in [0.29, 0.717) is 31.0 Å². The molecular formula is C29H44O6S. The number of ether oxygens (including phenoxy) is 2. The lowest BCUT2D eigenvalue weighted by molar-refractivity contribution is -0.125. The molecule has 0 heterocycles. The summed E-state index contributed by atoms with van der Waals surface area (Å²) < 4.78 is 45.5. The monoisotopic (exact) mass is 520 g/mol. The smallest absolute Gasteiger partial charge is 0.265 e. The zero-order valence-corrected chi connectivity index (χ0v) is 23.3. The molecule has 0 amide bonds. The third-order valence-corrected chi connectivity index (χ3v) is 9.14. The first-order valence-electron chi connectivity index (χ1n) is 13.7. The molecule has 1 aromatic carbocycles. The molecule has 2 aliphatic rings. The van der Waals surface area contributed by atoms with Crippen LogP contribution in [0.3, 0.4) is 0 Å². The number of ketones is 1. The lowest BCUT2D eigenvalue weighted by Gasteiger charge is -2.34. The van der Waals surface area contributed by atoms with Gasteiger partial charge in [-0.25, -0.2) is 0 Å². The normalized spacial score (nSPS) is 24.0. The number of rotatable bonds is 15. The maximum atomic E-state index is 13.7. The summed E-state index contributed by atoms with van der Waals surface area (Å²) in [4.78, 5) is 13.7. The SMILES string of the molecule is CCCCCCOc1ccc(OCCCCCC)c(C=C2C(=O)C3(CS(=O)(=O)O)CCC2C3(C)C)c1. The molecule has 3 rings (SSSR count). The first kappa shape index (κ1) is 28.7. The van der Waals surface area contributed by atoms with E-state index in [1.165, 1.54) is 19.3 Å². The van der Waals surface area contributed by atoms with Gasteiger partial charge in [-0.15, -0.1) is 0 Å². The van der Waals surface area contributed by atoms with Gasteiger partial charge >= 0.3 is 0 Å². The summed E-state index contributed by atoms with van der Waals surface area (Å²) in [5, 5.41) is 0. The molecule has 1 N–H and O–H groups in total. The van der Waals surface area contributed by atoms with Crippen LogP contribution in [0.25, 0.3) is 6.08 Å². The van der Waals surface area contributed by atoms with Crippen LogP contribution < -0.4 is 9.47 Å². The van der Waals surface area contributed by atoms with E-state index in [1.54, 1.807) is 0 Å². The van der Waals surface area contributed by atoms with Gasteiger partial charge in [0.15, 0.2) is 5.78 Å². The van der Waals surface area contributed by atoms with Gasteiger partial charge in [-0.3, -0.25) is 9.35 Å². The number of carbonyl (C=O) groups excluding carboxylic acids is 1. The van der Waals surface area contributed by atoms with E-state index in [0.717, 1.165) is 49.8 Å². The number of hydrogen-bond acceptors (Lipinski definition) is 5. The molecule has 0 radical (unpaired) electrons. The number of benzene rings is 1. The third kappa shape index (κ3) is 6.34. The molecule has 0 spiro atoms. The number of unbranched alkanes of at least 4 members (excludes halogenated alkanes) is 6. The van der Waals surface area contributed by atoms with E-state index in [1.807, 2.05) is 38.1 Å². The maximum Gasteiger partial charge on any atom is 0.265 e. The minimum atomic E-state index is -4.30. The quantitative estimate of drug-likeness (QED) is 0.154. The summed E-state index contributed by atoms with van der Waals surface area (Å²) in [6.07, 6.45) is 12.0. The minimum Gasteiger partial charge on any atom is -0.494 e. The van der Waals surface area contributed by atoms with Gasteiger partial charge in [-0.1, -0.05) is 66.2 Å². The van der Waals surface area contributed by atoms with Crippen molar-refractivity contribution in [1.82, 2.24) is 0 Å². The Hall–Kier alpha value is -1.86. The van der Waals surface area contributed by atoms with Crippen molar-refractivity contribution in [3.8, 4) is 11.5 Å². The Morgan fingerprint density at radius 3 is 2.25 bits per heavy atom. The summed E-state index contributed by atoms with van der Waals surface area (Å²) >= 11 is 0. The first-order chi connectivity index (χ1) is 17.1. The van der Waals surface area contributed by atoms with Crippen molar-refractivity contribution in [2.75, 3.05) is 19.0 Å². The molecule has 2 saturated carbocycles. The van der Waals surface area contributed by atoms with Gasteiger partial charge in [0.05, 0.1) is 24.4 Å². The molecular weight excluding hydrogens is 476 g/mol. The average molecular weight is 521 g/mol. The van der Waals surface area contributed by atoms with E-state index < -0.39 is 26.7 Å². The minimum absolute atomic E-state index is 0.0669. The Balaban J connectivity index is 1.89. The molecule has 0 aliphatic heterocycles. The van der Waals surface area contributed by atoms with Crippen molar-refractivity contribution < 1.29 is 27.2 Å². The molecule has 2 aliphatic carbocycles. The fourth-order valence-corrected chi connectivity index (χ4v) is 7.32. The predicted molar refractivity (Wildman–Crippen MR) is 144 cm³/mol. The van der Waals surface area contributed by atoms with Crippen LogP contribution in [0.4, 0.5) is 0 Å². The van der Waals surface area contributed by atoms with E-state index in [-0.39, 0.29) is 11.7 Å². The van der Waals surface area contributed by atoms with Gasteiger partial charge in [0.25, 0.3) is 10.1 Å². The largest absolute Gasteiger partial charge is 0.494 e. The lowest BCUT2D eigenvalue weighted by Crippen LogP contribution is -2.42. The summed E-state index contributed by atoms with van der Waals surface area (Å²) in [6.45, 7) is 9.50. The zero-order chi connectivity index (χ0) is 26.4. The van der Waals surface area contributed by atoms with Crippen LogP contribution in [-0.4, -0.2) is 37.7 Å². The number of hydrogen-bond donors (Lipinski definition) is 1. The third-order valence-electron chi connectivity index (χ3n) is 8.28. The number of fused-ring (bicyclic) bond motifs is 2. The van der Waals surface area contributed by atoms with Gasteiger partial charge < -0.3 is 9.47 Å². The van der Waals surface area contributed by atoms with Crippen molar-refractivity contribution in [2.45, 2.75) is 91.9 Å². The average Bonchev–Trinajstić information content (AvgIpc) is 3.13. The van der Waals surface area contributed by atoms with Gasteiger partial charge in [-0.2, -0.15) is 8.42 Å². The molecule has 36 heavy (non-hydrogen) atoms. The van der Waals surface area contributed by atoms with E-state index in [2.05, 4.69) is 13.8 Å². The van der Waals surface area contributed by atoms with Crippen LogP contribution in [0.15, 0.2) is 23.8 Å². The topological polar surface area (TPSA) is 89.9 Å². The predicted octanol–water partition coefficient (Wildman–Crippen LogP) is 6.88. The Kier molecular flexibility index (Phi) is 9.67. The molecule has 0 saturated heterocycles. The van der Waals surface area contributed by atoms with Gasteiger partial charge in [0.1, 0.15) is 11.5 Å². The summed E-state index contributed by atoms with van der Waals surface area (Å²) in [6, 6.07) is 5.75. The second-order valence-corrected chi connectivity index (χ2v) is 12.5.